The third-order valence-electron chi connectivity index (χ3n) is 4.42. The quantitative estimate of drug-likeness (QED) is 0.815. The first-order valence-electron chi connectivity index (χ1n) is 8.10. The molecule has 1 aliphatic heterocycles. The molecule has 3 rings (SSSR count). The Bertz CT molecular complexity index is 637. The Morgan fingerprint density at radius 2 is 2.39 bits per heavy atom. The summed E-state index contributed by atoms with van der Waals surface area (Å²) < 4.78 is 2.00. The summed E-state index contributed by atoms with van der Waals surface area (Å²) in [6.07, 6.45) is 6.26. The van der Waals surface area contributed by atoms with Gasteiger partial charge in [0.15, 0.2) is 0 Å². The van der Waals surface area contributed by atoms with Crippen LogP contribution in [0.4, 0.5) is 0 Å². The van der Waals surface area contributed by atoms with E-state index in [2.05, 4.69) is 39.9 Å². The first-order valence-corrected chi connectivity index (χ1v) is 9.04. The molecular weight excluding hydrogens is 308 g/mol. The van der Waals surface area contributed by atoms with Crippen molar-refractivity contribution in [3.05, 3.63) is 40.3 Å². The Morgan fingerprint density at radius 3 is 3.09 bits per heavy atom. The maximum Gasteiger partial charge on any atom is 0.236 e. The summed E-state index contributed by atoms with van der Waals surface area (Å²) in [5.41, 5.74) is 2.39. The number of hydrogen-bond donors (Lipinski definition) is 0. The van der Waals surface area contributed by atoms with Crippen molar-refractivity contribution in [2.45, 2.75) is 38.9 Å². The van der Waals surface area contributed by atoms with Crippen molar-refractivity contribution < 1.29 is 4.79 Å². The van der Waals surface area contributed by atoms with Gasteiger partial charge in [-0.3, -0.25) is 14.4 Å². The molecule has 0 unspecified atom stereocenters. The number of likely N-dealkylation sites (tertiary alicyclic amines) is 1. The minimum atomic E-state index is 0.194. The van der Waals surface area contributed by atoms with Crippen molar-refractivity contribution in [3.63, 3.8) is 0 Å². The largest absolute Gasteiger partial charge is 0.340 e. The van der Waals surface area contributed by atoms with Crippen LogP contribution < -0.4 is 0 Å². The number of nitrogens with zero attached hydrogens (tertiary/aromatic N) is 4. The molecule has 0 bridgehead atoms. The number of thiophene rings is 1. The first-order chi connectivity index (χ1) is 11.1. The van der Waals surface area contributed by atoms with Crippen LogP contribution in [0.15, 0.2) is 29.2 Å². The number of carbonyl (C=O) groups is 1. The van der Waals surface area contributed by atoms with Crippen LogP contribution in [0.1, 0.15) is 24.0 Å². The van der Waals surface area contributed by atoms with Gasteiger partial charge in [0.05, 0.1) is 19.3 Å². The Kier molecular flexibility index (Phi) is 5.13. The van der Waals surface area contributed by atoms with Crippen molar-refractivity contribution >= 4 is 17.2 Å². The lowest BCUT2D eigenvalue weighted by atomic mass is 10.2. The molecule has 1 aliphatic rings. The molecule has 1 amide bonds. The van der Waals surface area contributed by atoms with Gasteiger partial charge in [-0.2, -0.15) is 16.4 Å². The molecule has 0 saturated carbocycles. The van der Waals surface area contributed by atoms with Gasteiger partial charge in [0.25, 0.3) is 0 Å². The van der Waals surface area contributed by atoms with Gasteiger partial charge in [-0.05, 0) is 54.3 Å². The molecule has 0 aromatic carbocycles. The van der Waals surface area contributed by atoms with E-state index in [1.54, 1.807) is 11.3 Å². The zero-order valence-corrected chi connectivity index (χ0v) is 14.6. The molecule has 2 aromatic rings. The lowest BCUT2D eigenvalue weighted by molar-refractivity contribution is -0.131. The van der Waals surface area contributed by atoms with Crippen LogP contribution in [0.3, 0.4) is 0 Å². The average Bonchev–Trinajstić information content (AvgIpc) is 3.24. The average molecular weight is 332 g/mol. The number of rotatable bonds is 6. The third kappa shape index (κ3) is 4.20. The topological polar surface area (TPSA) is 41.4 Å². The van der Waals surface area contributed by atoms with E-state index < -0.39 is 0 Å². The summed E-state index contributed by atoms with van der Waals surface area (Å²) in [5.74, 6) is 0.194. The number of aryl methyl sites for hydroxylation is 1. The summed E-state index contributed by atoms with van der Waals surface area (Å²) in [6, 6.07) is 2.49. The van der Waals surface area contributed by atoms with Gasteiger partial charge in [0.2, 0.25) is 5.91 Å². The first kappa shape index (κ1) is 16.2. The van der Waals surface area contributed by atoms with Crippen molar-refractivity contribution in [2.24, 2.45) is 0 Å². The molecular formula is C17H24N4OS. The molecule has 1 saturated heterocycles. The van der Waals surface area contributed by atoms with Gasteiger partial charge >= 0.3 is 0 Å². The van der Waals surface area contributed by atoms with E-state index in [0.717, 1.165) is 25.9 Å². The number of carbonyl (C=O) groups excluding carboxylic acids is 1. The fraction of sp³-hybridized carbons (Fsp3) is 0.529. The summed E-state index contributed by atoms with van der Waals surface area (Å²) in [7, 11) is 1.89. The van der Waals surface area contributed by atoms with E-state index in [1.807, 2.05) is 22.8 Å². The zero-order chi connectivity index (χ0) is 16.2. The fourth-order valence-corrected chi connectivity index (χ4v) is 3.79. The Labute approximate surface area is 141 Å². The molecule has 23 heavy (non-hydrogen) atoms. The third-order valence-corrected chi connectivity index (χ3v) is 5.16. The minimum Gasteiger partial charge on any atom is -0.340 e. The molecule has 0 spiro atoms. The SMILES string of the molecule is Cc1cnn(C[C@H]2CCCN2CC(=O)N(C)Cc2ccsc2)c1. The highest BCUT2D eigenvalue weighted by atomic mass is 32.1. The van der Waals surface area contributed by atoms with Gasteiger partial charge in [-0.25, -0.2) is 0 Å². The van der Waals surface area contributed by atoms with E-state index in [1.165, 1.54) is 11.1 Å². The van der Waals surface area contributed by atoms with Gasteiger partial charge in [-0.1, -0.05) is 0 Å². The zero-order valence-electron chi connectivity index (χ0n) is 13.8. The Hall–Kier alpha value is -1.66. The predicted molar refractivity (Wildman–Crippen MR) is 92.4 cm³/mol. The highest BCUT2D eigenvalue weighted by Crippen LogP contribution is 2.19. The van der Waals surface area contributed by atoms with Gasteiger partial charge in [0, 0.05) is 25.8 Å². The smallest absolute Gasteiger partial charge is 0.236 e. The highest BCUT2D eigenvalue weighted by Gasteiger charge is 2.27. The van der Waals surface area contributed by atoms with Crippen molar-refractivity contribution in [1.82, 2.24) is 19.6 Å². The molecule has 2 aromatic heterocycles. The van der Waals surface area contributed by atoms with Crippen LogP contribution in [0.2, 0.25) is 0 Å². The monoisotopic (exact) mass is 332 g/mol. The van der Waals surface area contributed by atoms with E-state index >= 15 is 0 Å². The molecule has 124 valence electrons. The summed E-state index contributed by atoms with van der Waals surface area (Å²) in [5, 5.41) is 8.53. The second-order valence-electron chi connectivity index (χ2n) is 6.39. The summed E-state index contributed by atoms with van der Waals surface area (Å²) in [4.78, 5) is 16.6. The molecule has 0 radical (unpaired) electrons. The number of amides is 1. The molecule has 1 atom stereocenters. The maximum absolute atomic E-state index is 12.5. The highest BCUT2D eigenvalue weighted by molar-refractivity contribution is 7.07. The van der Waals surface area contributed by atoms with Gasteiger partial charge in [0.1, 0.15) is 0 Å². The van der Waals surface area contributed by atoms with Crippen LogP contribution in [0, 0.1) is 6.92 Å². The molecule has 5 nitrogen and oxygen atoms in total. The Balaban J connectivity index is 1.54. The van der Waals surface area contributed by atoms with Crippen LogP contribution in [0.5, 0.6) is 0 Å². The minimum absolute atomic E-state index is 0.194. The summed E-state index contributed by atoms with van der Waals surface area (Å²) in [6.45, 7) is 5.13. The molecule has 3 heterocycles. The maximum atomic E-state index is 12.5. The normalized spacial score (nSPS) is 18.4. The van der Waals surface area contributed by atoms with Crippen molar-refractivity contribution in [3.8, 4) is 0 Å². The molecule has 1 fully saturated rings. The molecule has 0 N–H and O–H groups in total. The van der Waals surface area contributed by atoms with Crippen LogP contribution >= 0.6 is 11.3 Å². The standard InChI is InChI=1S/C17H24N4OS/c1-14-8-18-21(9-14)11-16-4-3-6-20(16)12-17(22)19(2)10-15-5-7-23-13-15/h5,7-9,13,16H,3-4,6,10-12H2,1-2H3/t16-/m1/s1. The predicted octanol–water partition coefficient (Wildman–Crippen LogP) is 2.38. The number of likely N-dealkylation sites (N-methyl/N-ethyl adjacent to an activating group) is 1. The molecule has 0 aliphatic carbocycles. The molecule has 6 heteroatoms. The lowest BCUT2D eigenvalue weighted by Crippen LogP contribution is -2.41. The van der Waals surface area contributed by atoms with E-state index in [0.29, 0.717) is 19.1 Å². The lowest BCUT2D eigenvalue weighted by Gasteiger charge is -2.26. The van der Waals surface area contributed by atoms with E-state index in [4.69, 9.17) is 0 Å². The van der Waals surface area contributed by atoms with Crippen molar-refractivity contribution in [2.75, 3.05) is 20.1 Å². The number of hydrogen-bond acceptors (Lipinski definition) is 4. The van der Waals surface area contributed by atoms with Gasteiger partial charge in [-0.15, -0.1) is 0 Å². The fourth-order valence-electron chi connectivity index (χ4n) is 3.13. The second-order valence-corrected chi connectivity index (χ2v) is 7.17. The second kappa shape index (κ2) is 7.27. The van der Waals surface area contributed by atoms with Crippen molar-refractivity contribution in [1.29, 1.82) is 0 Å². The van der Waals surface area contributed by atoms with E-state index in [-0.39, 0.29) is 5.91 Å². The van der Waals surface area contributed by atoms with E-state index in [9.17, 15) is 4.79 Å². The number of aromatic nitrogens is 2. The van der Waals surface area contributed by atoms with Gasteiger partial charge < -0.3 is 4.90 Å². The summed E-state index contributed by atoms with van der Waals surface area (Å²) >= 11 is 1.67. The van der Waals surface area contributed by atoms with Crippen LogP contribution in [-0.4, -0.2) is 51.7 Å². The van der Waals surface area contributed by atoms with Crippen LogP contribution in [-0.2, 0) is 17.9 Å². The van der Waals surface area contributed by atoms with Crippen LogP contribution in [0.25, 0.3) is 0 Å². The Morgan fingerprint density at radius 1 is 1.52 bits per heavy atom.